The van der Waals surface area contributed by atoms with Crippen LogP contribution in [0.4, 0.5) is 5.69 Å². The fraction of sp³-hybridized carbons (Fsp3) is 0.500. The van der Waals surface area contributed by atoms with Gasteiger partial charge in [0.1, 0.15) is 0 Å². The Morgan fingerprint density at radius 2 is 2.05 bits per heavy atom. The van der Waals surface area contributed by atoms with Crippen molar-refractivity contribution in [3.8, 4) is 0 Å². The Labute approximate surface area is 120 Å². The first-order chi connectivity index (χ1) is 8.86. The van der Waals surface area contributed by atoms with Crippen molar-refractivity contribution >= 4 is 27.5 Å². The number of nitrogens with zero attached hydrogens (tertiary/aromatic N) is 1. The molecule has 0 aliphatic heterocycles. The summed E-state index contributed by atoms with van der Waals surface area (Å²) in [6.07, 6.45) is 0.753. The molecule has 0 aromatic heterocycles. The van der Waals surface area contributed by atoms with Gasteiger partial charge in [0.05, 0.1) is 5.69 Å². The number of benzene rings is 1. The second-order valence-electron chi connectivity index (χ2n) is 4.35. The van der Waals surface area contributed by atoms with E-state index in [1.54, 1.807) is 25.2 Å². The van der Waals surface area contributed by atoms with Crippen molar-refractivity contribution in [3.63, 3.8) is 0 Å². The lowest BCUT2D eigenvalue weighted by molar-refractivity contribution is 0.462. The third-order valence-electron chi connectivity index (χ3n) is 2.73. The van der Waals surface area contributed by atoms with Crippen LogP contribution in [0.2, 0.25) is 5.02 Å². The number of aryl methyl sites for hydroxylation is 1. The van der Waals surface area contributed by atoms with Gasteiger partial charge in [-0.1, -0.05) is 17.7 Å². The molecule has 7 heteroatoms. The van der Waals surface area contributed by atoms with Crippen molar-refractivity contribution in [1.82, 2.24) is 9.62 Å². The van der Waals surface area contributed by atoms with Crippen molar-refractivity contribution < 1.29 is 8.42 Å². The van der Waals surface area contributed by atoms with Crippen molar-refractivity contribution in [2.24, 2.45) is 0 Å². The van der Waals surface area contributed by atoms with Gasteiger partial charge in [-0.2, -0.15) is 12.7 Å². The van der Waals surface area contributed by atoms with Crippen LogP contribution in [0.25, 0.3) is 0 Å². The normalized spacial score (nSPS) is 11.8. The highest BCUT2D eigenvalue weighted by atomic mass is 35.5. The molecule has 0 aliphatic rings. The lowest BCUT2D eigenvalue weighted by Crippen LogP contribution is -2.34. The first-order valence-electron chi connectivity index (χ1n) is 6.01. The summed E-state index contributed by atoms with van der Waals surface area (Å²) in [4.78, 5) is 0. The fourth-order valence-corrected chi connectivity index (χ4v) is 2.61. The zero-order valence-corrected chi connectivity index (χ0v) is 13.0. The monoisotopic (exact) mass is 305 g/mol. The van der Waals surface area contributed by atoms with Gasteiger partial charge in [-0.05, 0) is 44.6 Å². The average Bonchev–Trinajstić information content (AvgIpc) is 2.33. The predicted molar refractivity (Wildman–Crippen MR) is 79.9 cm³/mol. The first kappa shape index (κ1) is 16.2. The zero-order valence-electron chi connectivity index (χ0n) is 11.4. The van der Waals surface area contributed by atoms with Gasteiger partial charge in [0.25, 0.3) is 0 Å². The summed E-state index contributed by atoms with van der Waals surface area (Å²) in [5.74, 6) is 0. The van der Waals surface area contributed by atoms with Crippen molar-refractivity contribution in [1.29, 1.82) is 0 Å². The molecule has 0 saturated carbocycles. The Bertz CT molecular complexity index is 520. The van der Waals surface area contributed by atoms with E-state index in [9.17, 15) is 8.42 Å². The molecule has 0 aliphatic carbocycles. The molecule has 0 heterocycles. The maximum Gasteiger partial charge on any atom is 0.301 e. The number of halogens is 1. The van der Waals surface area contributed by atoms with Crippen molar-refractivity contribution in [3.05, 3.63) is 28.8 Å². The average molecular weight is 306 g/mol. The Balaban J connectivity index is 2.70. The van der Waals surface area contributed by atoms with Gasteiger partial charge in [0.2, 0.25) is 0 Å². The number of hydrogen-bond donors (Lipinski definition) is 2. The van der Waals surface area contributed by atoms with E-state index in [1.807, 2.05) is 14.0 Å². The van der Waals surface area contributed by atoms with Crippen LogP contribution in [-0.2, 0) is 10.2 Å². The minimum absolute atomic E-state index is 0.454. The molecule has 0 saturated heterocycles. The Hall–Kier alpha value is -0.820. The predicted octanol–water partition coefficient (Wildman–Crippen LogP) is 1.85. The minimum Gasteiger partial charge on any atom is -0.320 e. The number of hydrogen-bond acceptors (Lipinski definition) is 3. The number of rotatable bonds is 7. The van der Waals surface area contributed by atoms with Crippen LogP contribution in [0.1, 0.15) is 12.0 Å². The summed E-state index contributed by atoms with van der Waals surface area (Å²) < 4.78 is 27.9. The molecule has 1 aromatic rings. The molecule has 0 unspecified atom stereocenters. The molecule has 0 radical (unpaired) electrons. The molecule has 19 heavy (non-hydrogen) atoms. The van der Waals surface area contributed by atoms with E-state index in [-0.39, 0.29) is 0 Å². The van der Waals surface area contributed by atoms with E-state index in [4.69, 9.17) is 11.6 Å². The third-order valence-corrected chi connectivity index (χ3v) is 4.63. The largest absolute Gasteiger partial charge is 0.320 e. The van der Waals surface area contributed by atoms with Gasteiger partial charge in [0.15, 0.2) is 0 Å². The summed E-state index contributed by atoms with van der Waals surface area (Å²) in [6, 6.07) is 5.08. The third kappa shape index (κ3) is 4.99. The van der Waals surface area contributed by atoms with Gasteiger partial charge in [0, 0.05) is 18.6 Å². The number of anilines is 1. The van der Waals surface area contributed by atoms with Crippen LogP contribution in [0.5, 0.6) is 0 Å². The van der Waals surface area contributed by atoms with Gasteiger partial charge >= 0.3 is 10.2 Å². The number of nitrogens with one attached hydrogen (secondary N) is 2. The fourth-order valence-electron chi connectivity index (χ4n) is 1.48. The Morgan fingerprint density at radius 3 is 2.63 bits per heavy atom. The van der Waals surface area contributed by atoms with E-state index >= 15 is 0 Å². The summed E-state index contributed by atoms with van der Waals surface area (Å²) >= 11 is 5.97. The molecule has 0 fully saturated rings. The van der Waals surface area contributed by atoms with Crippen LogP contribution >= 0.6 is 11.6 Å². The van der Waals surface area contributed by atoms with Gasteiger partial charge in [-0.15, -0.1) is 0 Å². The summed E-state index contributed by atoms with van der Waals surface area (Å²) in [5, 5.41) is 3.52. The molecule has 2 N–H and O–H groups in total. The highest BCUT2D eigenvalue weighted by Crippen LogP contribution is 2.21. The van der Waals surface area contributed by atoms with Gasteiger partial charge in [-0.25, -0.2) is 0 Å². The first-order valence-corrected chi connectivity index (χ1v) is 7.83. The standard InChI is InChI=1S/C12H20ClN3O2S/c1-10-5-6-11(9-12(10)13)15-19(17,18)16(3)8-4-7-14-2/h5-6,9,14-15H,4,7-8H2,1-3H3. The molecule has 5 nitrogen and oxygen atoms in total. The molecule has 1 aromatic carbocycles. The molecular formula is C12H20ClN3O2S. The Morgan fingerprint density at radius 1 is 1.37 bits per heavy atom. The van der Waals surface area contributed by atoms with E-state index in [0.717, 1.165) is 18.5 Å². The highest BCUT2D eigenvalue weighted by Gasteiger charge is 2.17. The lowest BCUT2D eigenvalue weighted by atomic mass is 10.2. The van der Waals surface area contributed by atoms with Crippen LogP contribution < -0.4 is 10.0 Å². The quantitative estimate of drug-likeness (QED) is 0.756. The SMILES string of the molecule is CNCCCN(C)S(=O)(=O)Nc1ccc(C)c(Cl)c1. The summed E-state index contributed by atoms with van der Waals surface area (Å²) in [6.45, 7) is 3.09. The second-order valence-corrected chi connectivity index (χ2v) is 6.53. The molecule has 0 spiro atoms. The lowest BCUT2D eigenvalue weighted by Gasteiger charge is -2.18. The van der Waals surface area contributed by atoms with E-state index in [1.165, 1.54) is 4.31 Å². The maximum absolute atomic E-state index is 12.0. The zero-order chi connectivity index (χ0) is 14.5. The van der Waals surface area contributed by atoms with E-state index in [0.29, 0.717) is 17.3 Å². The second kappa shape index (κ2) is 7.09. The van der Waals surface area contributed by atoms with Crippen molar-refractivity contribution in [2.45, 2.75) is 13.3 Å². The summed E-state index contributed by atoms with van der Waals surface area (Å²) in [7, 11) is -0.143. The van der Waals surface area contributed by atoms with Crippen molar-refractivity contribution in [2.75, 3.05) is 31.9 Å². The van der Waals surface area contributed by atoms with Crippen LogP contribution in [0, 0.1) is 6.92 Å². The topological polar surface area (TPSA) is 61.4 Å². The maximum atomic E-state index is 12.0. The highest BCUT2D eigenvalue weighted by molar-refractivity contribution is 7.90. The van der Waals surface area contributed by atoms with Crippen LogP contribution in [-0.4, -0.2) is 39.9 Å². The molecule has 1 rings (SSSR count). The summed E-state index contributed by atoms with van der Waals surface area (Å²) in [5.41, 5.74) is 1.38. The van der Waals surface area contributed by atoms with Gasteiger partial charge < -0.3 is 5.32 Å². The molecule has 108 valence electrons. The smallest absolute Gasteiger partial charge is 0.301 e. The minimum atomic E-state index is -3.53. The molecule has 0 bridgehead atoms. The van der Waals surface area contributed by atoms with Gasteiger partial charge in [-0.3, -0.25) is 4.72 Å². The van der Waals surface area contributed by atoms with Crippen LogP contribution in [0.3, 0.4) is 0 Å². The molecule has 0 atom stereocenters. The molecule has 0 amide bonds. The van der Waals surface area contributed by atoms with E-state index < -0.39 is 10.2 Å². The Kier molecular flexibility index (Phi) is 6.06. The van der Waals surface area contributed by atoms with Crippen LogP contribution in [0.15, 0.2) is 18.2 Å². The van der Waals surface area contributed by atoms with E-state index in [2.05, 4.69) is 10.0 Å². The molecular weight excluding hydrogens is 286 g/mol.